The lowest BCUT2D eigenvalue weighted by Crippen LogP contribution is -2.53. The predicted molar refractivity (Wildman–Crippen MR) is 109 cm³/mol. The Morgan fingerprint density at radius 2 is 2.00 bits per heavy atom. The van der Waals surface area contributed by atoms with E-state index in [9.17, 15) is 0 Å². The molecule has 1 saturated heterocycles. The molecule has 0 unspecified atom stereocenters. The van der Waals surface area contributed by atoms with Crippen LogP contribution in [0.25, 0.3) is 0 Å². The minimum atomic E-state index is 0. The van der Waals surface area contributed by atoms with Crippen molar-refractivity contribution >= 4 is 29.9 Å². The Morgan fingerprint density at radius 3 is 2.58 bits per heavy atom. The molecular weight excluding hydrogens is 417 g/mol. The number of rotatable bonds is 6. The second-order valence-corrected chi connectivity index (χ2v) is 6.45. The van der Waals surface area contributed by atoms with Gasteiger partial charge in [0, 0.05) is 59.3 Å². The fraction of sp³-hybridized carbons (Fsp3) is 0.812. The molecule has 1 aliphatic heterocycles. The van der Waals surface area contributed by atoms with E-state index in [0.29, 0.717) is 0 Å². The standard InChI is InChI=1S/C16H31N7.HI/c1-5-15-20-19-13-23(15)7-6-18-16(17-4)22-10-8-21(9-11-22)12-14(2)3;/h13-14H,5-12H2,1-4H3,(H,17,18);1H. The van der Waals surface area contributed by atoms with Crippen LogP contribution in [0.2, 0.25) is 0 Å². The van der Waals surface area contributed by atoms with E-state index < -0.39 is 0 Å². The molecule has 1 fully saturated rings. The van der Waals surface area contributed by atoms with Crippen molar-refractivity contribution in [3.05, 3.63) is 12.2 Å². The van der Waals surface area contributed by atoms with Gasteiger partial charge in [0.25, 0.3) is 0 Å². The predicted octanol–water partition coefficient (Wildman–Crippen LogP) is 1.31. The molecule has 0 bridgehead atoms. The summed E-state index contributed by atoms with van der Waals surface area (Å²) in [6.45, 7) is 13.9. The number of hydrogen-bond donors (Lipinski definition) is 1. The van der Waals surface area contributed by atoms with Crippen LogP contribution in [0.4, 0.5) is 0 Å². The molecule has 0 atom stereocenters. The highest BCUT2D eigenvalue weighted by atomic mass is 127. The first-order valence-corrected chi connectivity index (χ1v) is 8.68. The van der Waals surface area contributed by atoms with Crippen LogP contribution in [0.5, 0.6) is 0 Å². The van der Waals surface area contributed by atoms with Gasteiger partial charge in [-0.3, -0.25) is 9.89 Å². The van der Waals surface area contributed by atoms with Gasteiger partial charge in [0.05, 0.1) is 0 Å². The third kappa shape index (κ3) is 6.19. The minimum Gasteiger partial charge on any atom is -0.354 e. The van der Waals surface area contributed by atoms with Crippen molar-refractivity contribution in [2.45, 2.75) is 33.7 Å². The van der Waals surface area contributed by atoms with E-state index in [1.165, 1.54) is 6.54 Å². The van der Waals surface area contributed by atoms with E-state index in [2.05, 4.69) is 55.6 Å². The molecule has 2 rings (SSSR count). The molecule has 0 radical (unpaired) electrons. The van der Waals surface area contributed by atoms with Gasteiger partial charge >= 0.3 is 0 Å². The van der Waals surface area contributed by atoms with E-state index in [-0.39, 0.29) is 24.0 Å². The summed E-state index contributed by atoms with van der Waals surface area (Å²) in [6, 6.07) is 0. The summed E-state index contributed by atoms with van der Waals surface area (Å²) in [5, 5.41) is 11.6. The summed E-state index contributed by atoms with van der Waals surface area (Å²) < 4.78 is 2.10. The van der Waals surface area contributed by atoms with Crippen LogP contribution in [0, 0.1) is 5.92 Å². The third-order valence-corrected chi connectivity index (χ3v) is 4.15. The van der Waals surface area contributed by atoms with Crippen LogP contribution in [0.15, 0.2) is 11.3 Å². The molecule has 7 nitrogen and oxygen atoms in total. The summed E-state index contributed by atoms with van der Waals surface area (Å²) in [4.78, 5) is 9.32. The fourth-order valence-corrected chi connectivity index (χ4v) is 3.02. The van der Waals surface area contributed by atoms with Gasteiger partial charge in [0.15, 0.2) is 5.96 Å². The first kappa shape index (κ1) is 21.1. The van der Waals surface area contributed by atoms with Gasteiger partial charge in [0.2, 0.25) is 0 Å². The maximum atomic E-state index is 4.43. The summed E-state index contributed by atoms with van der Waals surface area (Å²) in [7, 11) is 1.86. The summed E-state index contributed by atoms with van der Waals surface area (Å²) in [5.41, 5.74) is 0. The zero-order chi connectivity index (χ0) is 16.7. The van der Waals surface area contributed by atoms with Crippen LogP contribution in [0.3, 0.4) is 0 Å². The number of nitrogens with zero attached hydrogens (tertiary/aromatic N) is 6. The molecule has 1 N–H and O–H groups in total. The van der Waals surface area contributed by atoms with Crippen molar-refractivity contribution < 1.29 is 0 Å². The maximum Gasteiger partial charge on any atom is 0.193 e. The zero-order valence-electron chi connectivity index (χ0n) is 15.4. The molecule has 1 aromatic heterocycles. The van der Waals surface area contributed by atoms with E-state index in [4.69, 9.17) is 0 Å². The lowest BCUT2D eigenvalue weighted by atomic mass is 10.2. The molecule has 0 aliphatic carbocycles. The van der Waals surface area contributed by atoms with Crippen molar-refractivity contribution in [1.82, 2.24) is 29.9 Å². The number of aryl methyl sites for hydroxylation is 1. The van der Waals surface area contributed by atoms with Crippen molar-refractivity contribution in [2.75, 3.05) is 46.3 Å². The van der Waals surface area contributed by atoms with Crippen LogP contribution in [0.1, 0.15) is 26.6 Å². The van der Waals surface area contributed by atoms with Gasteiger partial charge in [-0.25, -0.2) is 0 Å². The first-order valence-electron chi connectivity index (χ1n) is 8.68. The normalized spacial score (nSPS) is 16.4. The van der Waals surface area contributed by atoms with Gasteiger partial charge < -0.3 is 14.8 Å². The molecule has 1 aromatic rings. The summed E-state index contributed by atoms with van der Waals surface area (Å²) in [6.07, 6.45) is 2.71. The topological polar surface area (TPSA) is 61.6 Å². The zero-order valence-corrected chi connectivity index (χ0v) is 17.7. The van der Waals surface area contributed by atoms with Crippen LogP contribution >= 0.6 is 24.0 Å². The summed E-state index contributed by atoms with van der Waals surface area (Å²) >= 11 is 0. The molecule has 0 aromatic carbocycles. The molecule has 1 aliphatic rings. The monoisotopic (exact) mass is 449 g/mol. The average Bonchev–Trinajstić information content (AvgIpc) is 2.99. The second kappa shape index (κ2) is 10.9. The molecule has 8 heteroatoms. The van der Waals surface area contributed by atoms with Crippen LogP contribution in [-0.4, -0.2) is 76.8 Å². The Hall–Kier alpha value is -0.900. The molecule has 24 heavy (non-hydrogen) atoms. The molecule has 0 spiro atoms. The quantitative estimate of drug-likeness (QED) is 0.403. The number of nitrogens with one attached hydrogen (secondary N) is 1. The molecule has 0 saturated carbocycles. The van der Waals surface area contributed by atoms with E-state index in [1.54, 1.807) is 6.33 Å². The van der Waals surface area contributed by atoms with E-state index in [0.717, 1.165) is 63.4 Å². The van der Waals surface area contributed by atoms with Gasteiger partial charge in [-0.15, -0.1) is 34.2 Å². The third-order valence-electron chi connectivity index (χ3n) is 4.15. The minimum absolute atomic E-state index is 0. The largest absolute Gasteiger partial charge is 0.354 e. The Bertz CT molecular complexity index is 492. The van der Waals surface area contributed by atoms with Crippen molar-refractivity contribution in [3.8, 4) is 0 Å². The Kier molecular flexibility index (Phi) is 9.57. The van der Waals surface area contributed by atoms with Gasteiger partial charge in [-0.1, -0.05) is 20.8 Å². The molecule has 2 heterocycles. The lowest BCUT2D eigenvalue weighted by Gasteiger charge is -2.37. The van der Waals surface area contributed by atoms with E-state index >= 15 is 0 Å². The average molecular weight is 449 g/mol. The highest BCUT2D eigenvalue weighted by Crippen LogP contribution is 2.05. The summed E-state index contributed by atoms with van der Waals surface area (Å²) in [5.74, 6) is 2.76. The van der Waals surface area contributed by atoms with Crippen LogP contribution < -0.4 is 5.32 Å². The molecular formula is C16H32IN7. The van der Waals surface area contributed by atoms with E-state index in [1.807, 2.05) is 7.05 Å². The number of hydrogen-bond acceptors (Lipinski definition) is 4. The number of halogens is 1. The number of guanidine groups is 1. The molecule has 0 amide bonds. The maximum absolute atomic E-state index is 4.43. The van der Waals surface area contributed by atoms with Gasteiger partial charge in [-0.05, 0) is 5.92 Å². The second-order valence-electron chi connectivity index (χ2n) is 6.45. The fourth-order valence-electron chi connectivity index (χ4n) is 3.02. The first-order chi connectivity index (χ1) is 11.1. The number of piperazine rings is 1. The highest BCUT2D eigenvalue weighted by molar-refractivity contribution is 14.0. The van der Waals surface area contributed by atoms with Crippen molar-refractivity contribution in [1.29, 1.82) is 0 Å². The number of aromatic nitrogens is 3. The SMILES string of the molecule is CCc1nncn1CCNC(=NC)N1CCN(CC(C)C)CC1.I. The van der Waals surface area contributed by atoms with Gasteiger partial charge in [-0.2, -0.15) is 0 Å². The van der Waals surface area contributed by atoms with Crippen molar-refractivity contribution in [3.63, 3.8) is 0 Å². The highest BCUT2D eigenvalue weighted by Gasteiger charge is 2.19. The lowest BCUT2D eigenvalue weighted by molar-refractivity contribution is 0.164. The Balaban J connectivity index is 0.00000288. The smallest absolute Gasteiger partial charge is 0.193 e. The number of aliphatic imine (C=N–C) groups is 1. The Morgan fingerprint density at radius 1 is 1.29 bits per heavy atom. The Labute approximate surface area is 162 Å². The van der Waals surface area contributed by atoms with Crippen molar-refractivity contribution in [2.24, 2.45) is 10.9 Å². The van der Waals surface area contributed by atoms with Gasteiger partial charge in [0.1, 0.15) is 12.2 Å². The molecule has 138 valence electrons. The van der Waals surface area contributed by atoms with Crippen LogP contribution in [-0.2, 0) is 13.0 Å².